The molecule has 0 bridgehead atoms. The normalized spacial score (nSPS) is 20.2. The molecule has 1 saturated heterocycles. The first-order valence-corrected chi connectivity index (χ1v) is 11.4. The van der Waals surface area contributed by atoms with E-state index in [0.717, 1.165) is 42.7 Å². The van der Waals surface area contributed by atoms with Gasteiger partial charge in [-0.05, 0) is 38.1 Å². The van der Waals surface area contributed by atoms with Crippen LogP contribution in [0.1, 0.15) is 29.4 Å². The smallest absolute Gasteiger partial charge is 0.246 e. The highest BCUT2D eigenvalue weighted by molar-refractivity contribution is 7.89. The summed E-state index contributed by atoms with van der Waals surface area (Å²) < 4.78 is 46.6. The predicted molar refractivity (Wildman–Crippen MR) is 111 cm³/mol. The number of fused-ring (bicyclic) bond motifs is 1. The van der Waals surface area contributed by atoms with E-state index in [1.807, 2.05) is 7.05 Å². The van der Waals surface area contributed by atoms with Crippen molar-refractivity contribution in [2.24, 2.45) is 0 Å². The van der Waals surface area contributed by atoms with Gasteiger partial charge in [-0.1, -0.05) is 0 Å². The van der Waals surface area contributed by atoms with Crippen LogP contribution in [0.15, 0.2) is 23.1 Å². The van der Waals surface area contributed by atoms with Gasteiger partial charge in [0.05, 0.1) is 12.8 Å². The summed E-state index contributed by atoms with van der Waals surface area (Å²) in [6.45, 7) is 2.27. The average Bonchev–Trinajstić information content (AvgIpc) is 3.24. The van der Waals surface area contributed by atoms with Gasteiger partial charge in [0.25, 0.3) is 0 Å². The van der Waals surface area contributed by atoms with E-state index in [1.165, 1.54) is 23.5 Å². The third kappa shape index (κ3) is 3.75. The number of aromatic nitrogens is 2. The predicted octanol–water partition coefficient (Wildman–Crippen LogP) is 1.83. The van der Waals surface area contributed by atoms with Crippen LogP contribution in [0.2, 0.25) is 0 Å². The van der Waals surface area contributed by atoms with E-state index in [4.69, 9.17) is 14.7 Å². The van der Waals surface area contributed by atoms with Crippen molar-refractivity contribution in [3.05, 3.63) is 41.1 Å². The molecular formula is C20H26FN5O3S. The summed E-state index contributed by atoms with van der Waals surface area (Å²) in [4.78, 5) is 11.5. The maximum Gasteiger partial charge on any atom is 0.246 e. The summed E-state index contributed by atoms with van der Waals surface area (Å²) in [7, 11) is 1.37. The Labute approximate surface area is 176 Å². The maximum atomic E-state index is 13.7. The highest BCUT2D eigenvalue weighted by Crippen LogP contribution is 2.34. The number of ether oxygens (including phenoxy) is 1. The molecule has 2 aliphatic rings. The number of benzene rings is 1. The number of rotatable bonds is 5. The van der Waals surface area contributed by atoms with Crippen molar-refractivity contribution in [3.63, 3.8) is 0 Å². The molecule has 1 N–H and O–H groups in total. The molecule has 8 nitrogen and oxygen atoms in total. The molecule has 0 radical (unpaired) electrons. The highest BCUT2D eigenvalue weighted by Gasteiger charge is 2.37. The number of hydrogen-bond acceptors (Lipinski definition) is 7. The molecule has 1 aromatic heterocycles. The Balaban J connectivity index is 1.62. The third-order valence-corrected chi connectivity index (χ3v) is 7.66. The lowest BCUT2D eigenvalue weighted by Gasteiger charge is -2.26. The molecule has 3 heterocycles. The first kappa shape index (κ1) is 21.0. The second kappa shape index (κ2) is 8.09. The monoisotopic (exact) mass is 435 g/mol. The zero-order valence-electron chi connectivity index (χ0n) is 17.4. The number of anilines is 1. The molecule has 1 aromatic carbocycles. The minimum absolute atomic E-state index is 0.121. The first-order valence-electron chi connectivity index (χ1n) is 9.93. The van der Waals surface area contributed by atoms with Gasteiger partial charge in [0.2, 0.25) is 10.0 Å². The molecular weight excluding hydrogens is 409 g/mol. The Kier molecular flexibility index (Phi) is 5.65. The van der Waals surface area contributed by atoms with Crippen molar-refractivity contribution in [2.75, 3.05) is 46.2 Å². The van der Waals surface area contributed by atoms with Crippen LogP contribution in [-0.2, 0) is 23.0 Å². The highest BCUT2D eigenvalue weighted by atomic mass is 32.2. The van der Waals surface area contributed by atoms with E-state index in [0.29, 0.717) is 18.8 Å². The summed E-state index contributed by atoms with van der Waals surface area (Å²) in [5.41, 5.74) is 2.12. The number of sulfonamides is 1. The number of nitrogens with one attached hydrogen (secondary N) is 1. The molecule has 10 heteroatoms. The second-order valence-corrected chi connectivity index (χ2v) is 9.64. The minimum atomic E-state index is -3.90. The molecule has 2 aromatic rings. The Morgan fingerprint density at radius 3 is 2.80 bits per heavy atom. The molecule has 4 rings (SSSR count). The van der Waals surface area contributed by atoms with Gasteiger partial charge in [-0.3, -0.25) is 0 Å². The molecule has 30 heavy (non-hydrogen) atoms. The zero-order chi connectivity index (χ0) is 21.5. The Hall–Kier alpha value is -2.30. The van der Waals surface area contributed by atoms with Gasteiger partial charge in [0.15, 0.2) is 0 Å². The van der Waals surface area contributed by atoms with Crippen LogP contribution in [0, 0.1) is 5.82 Å². The van der Waals surface area contributed by atoms with Crippen LogP contribution in [0.4, 0.5) is 10.2 Å². The van der Waals surface area contributed by atoms with E-state index >= 15 is 0 Å². The maximum absolute atomic E-state index is 13.7. The van der Waals surface area contributed by atoms with Gasteiger partial charge < -0.3 is 15.0 Å². The topological polar surface area (TPSA) is 87.7 Å². The molecule has 0 spiro atoms. The lowest BCUT2D eigenvalue weighted by atomic mass is 10.0. The minimum Gasteiger partial charge on any atom is -0.495 e. The summed E-state index contributed by atoms with van der Waals surface area (Å²) in [5, 5.41) is 3.16. The molecule has 162 valence electrons. The third-order valence-electron chi connectivity index (χ3n) is 5.77. The number of likely N-dealkylation sites (N-methyl/N-ethyl adjacent to an activating group) is 1. The number of hydrogen-bond donors (Lipinski definition) is 1. The number of methoxy groups -OCH3 is 1. The van der Waals surface area contributed by atoms with E-state index in [1.54, 1.807) is 0 Å². The van der Waals surface area contributed by atoms with Crippen LogP contribution in [0.5, 0.6) is 5.75 Å². The summed E-state index contributed by atoms with van der Waals surface area (Å²) in [5.74, 6) is 0.855. The summed E-state index contributed by atoms with van der Waals surface area (Å²) >= 11 is 0. The van der Waals surface area contributed by atoms with Crippen LogP contribution in [0.3, 0.4) is 0 Å². The molecule has 0 saturated carbocycles. The van der Waals surface area contributed by atoms with E-state index in [-0.39, 0.29) is 23.1 Å². The fourth-order valence-corrected chi connectivity index (χ4v) is 5.79. The quantitative estimate of drug-likeness (QED) is 0.767. The van der Waals surface area contributed by atoms with Gasteiger partial charge in [-0.15, -0.1) is 0 Å². The van der Waals surface area contributed by atoms with Crippen molar-refractivity contribution >= 4 is 15.8 Å². The van der Waals surface area contributed by atoms with Crippen molar-refractivity contribution < 1.29 is 17.5 Å². The number of nitrogens with zero attached hydrogens (tertiary/aromatic N) is 4. The standard InChI is InChI=1S/C20H26FN5O3S/c1-22-20-15-7-8-25(2)12-16(15)23-19(24-20)13-6-9-26(11-13)30(27,28)18-10-14(21)4-5-17(18)29-3/h4-5,10,13H,6-9,11-12H2,1-3H3,(H,22,23,24)/t13-/m0/s1. The molecule has 0 amide bonds. The van der Waals surface area contributed by atoms with E-state index in [2.05, 4.69) is 17.3 Å². The average molecular weight is 436 g/mol. The van der Waals surface area contributed by atoms with Crippen molar-refractivity contribution in [2.45, 2.75) is 30.2 Å². The SMILES string of the molecule is CNc1nc([C@H]2CCN(S(=O)(=O)c3cc(F)ccc3OC)C2)nc2c1CCN(C)C2. The van der Waals surface area contributed by atoms with Gasteiger partial charge in [0.1, 0.15) is 28.1 Å². The van der Waals surface area contributed by atoms with E-state index < -0.39 is 15.8 Å². The fraction of sp³-hybridized carbons (Fsp3) is 0.500. The molecule has 1 fully saturated rings. The Morgan fingerprint density at radius 1 is 1.27 bits per heavy atom. The molecule has 2 aliphatic heterocycles. The Bertz CT molecular complexity index is 1060. The lowest BCUT2D eigenvalue weighted by Crippen LogP contribution is -2.30. The van der Waals surface area contributed by atoms with Crippen molar-refractivity contribution in [3.8, 4) is 5.75 Å². The van der Waals surface area contributed by atoms with Gasteiger partial charge in [0, 0.05) is 44.7 Å². The van der Waals surface area contributed by atoms with Crippen LogP contribution in [-0.4, -0.2) is 68.4 Å². The van der Waals surface area contributed by atoms with Crippen LogP contribution in [0.25, 0.3) is 0 Å². The molecule has 0 aliphatic carbocycles. The van der Waals surface area contributed by atoms with Crippen LogP contribution < -0.4 is 10.1 Å². The van der Waals surface area contributed by atoms with Crippen molar-refractivity contribution in [1.29, 1.82) is 0 Å². The van der Waals surface area contributed by atoms with Gasteiger partial charge in [-0.25, -0.2) is 22.8 Å². The van der Waals surface area contributed by atoms with Gasteiger partial charge >= 0.3 is 0 Å². The van der Waals surface area contributed by atoms with E-state index in [9.17, 15) is 12.8 Å². The van der Waals surface area contributed by atoms with Crippen molar-refractivity contribution in [1.82, 2.24) is 19.2 Å². The summed E-state index contributed by atoms with van der Waals surface area (Å²) in [6.07, 6.45) is 1.49. The Morgan fingerprint density at radius 2 is 2.07 bits per heavy atom. The van der Waals surface area contributed by atoms with Gasteiger partial charge in [-0.2, -0.15) is 4.31 Å². The number of halogens is 1. The summed E-state index contributed by atoms with van der Waals surface area (Å²) in [6, 6.07) is 3.52. The van der Waals surface area contributed by atoms with Crippen LogP contribution >= 0.6 is 0 Å². The first-order chi connectivity index (χ1) is 14.3. The molecule has 1 atom stereocenters. The lowest BCUT2D eigenvalue weighted by molar-refractivity contribution is 0.306. The fourth-order valence-electron chi connectivity index (χ4n) is 4.12. The zero-order valence-corrected chi connectivity index (χ0v) is 18.2. The second-order valence-electron chi connectivity index (χ2n) is 7.74. The largest absolute Gasteiger partial charge is 0.495 e. The molecule has 0 unspecified atom stereocenters.